The van der Waals surface area contributed by atoms with Crippen molar-refractivity contribution in [3.63, 3.8) is 0 Å². The van der Waals surface area contributed by atoms with Crippen LogP contribution in [0, 0.1) is 0 Å². The first-order chi connectivity index (χ1) is 8.65. The molecule has 0 saturated heterocycles. The Kier molecular flexibility index (Phi) is 3.74. The Labute approximate surface area is 106 Å². The third-order valence-corrected chi connectivity index (χ3v) is 2.38. The number of H-pyrrole nitrogens is 1. The lowest BCUT2D eigenvalue weighted by Crippen LogP contribution is -2.27. The van der Waals surface area contributed by atoms with Crippen molar-refractivity contribution in [3.8, 4) is 11.4 Å². The summed E-state index contributed by atoms with van der Waals surface area (Å²) in [6.45, 7) is 0.366. The number of nitrogens with zero attached hydrogens (tertiary/aromatic N) is 2. The fourth-order valence-electron chi connectivity index (χ4n) is 1.66. The quantitative estimate of drug-likeness (QED) is 0.858. The minimum atomic E-state index is -0.0309. The summed E-state index contributed by atoms with van der Waals surface area (Å²) >= 11 is 0. The van der Waals surface area contributed by atoms with Crippen LogP contribution >= 0.6 is 0 Å². The van der Waals surface area contributed by atoms with Gasteiger partial charge in [-0.1, -0.05) is 12.1 Å². The standard InChI is InChI=1S/C13H16N4O/c1-17(2)9-12(18)16-11-5-3-4-10(8-11)13-14-6-7-15-13/h3-8H,9H2,1-2H3,(H,14,15)(H,16,18). The van der Waals surface area contributed by atoms with Crippen molar-refractivity contribution in [1.82, 2.24) is 14.9 Å². The molecular weight excluding hydrogens is 228 g/mol. The molecule has 5 nitrogen and oxygen atoms in total. The lowest BCUT2D eigenvalue weighted by molar-refractivity contribution is -0.116. The first-order valence-corrected chi connectivity index (χ1v) is 5.69. The van der Waals surface area contributed by atoms with Gasteiger partial charge in [0.15, 0.2) is 0 Å². The average Bonchev–Trinajstić information content (AvgIpc) is 2.81. The molecule has 0 spiro atoms. The van der Waals surface area contributed by atoms with Gasteiger partial charge >= 0.3 is 0 Å². The number of hydrogen-bond acceptors (Lipinski definition) is 3. The Morgan fingerprint density at radius 1 is 1.44 bits per heavy atom. The van der Waals surface area contributed by atoms with Crippen molar-refractivity contribution in [3.05, 3.63) is 36.7 Å². The van der Waals surface area contributed by atoms with E-state index >= 15 is 0 Å². The van der Waals surface area contributed by atoms with Gasteiger partial charge in [0.1, 0.15) is 5.82 Å². The fourth-order valence-corrected chi connectivity index (χ4v) is 1.66. The number of aromatic nitrogens is 2. The van der Waals surface area contributed by atoms with Gasteiger partial charge in [-0.3, -0.25) is 4.79 Å². The van der Waals surface area contributed by atoms with Gasteiger partial charge in [0.2, 0.25) is 5.91 Å². The van der Waals surface area contributed by atoms with Crippen molar-refractivity contribution in [2.45, 2.75) is 0 Å². The molecule has 1 aromatic heterocycles. The largest absolute Gasteiger partial charge is 0.345 e. The Morgan fingerprint density at radius 2 is 2.28 bits per heavy atom. The maximum atomic E-state index is 11.6. The number of nitrogens with one attached hydrogen (secondary N) is 2. The van der Waals surface area contributed by atoms with E-state index in [1.54, 1.807) is 12.4 Å². The van der Waals surface area contributed by atoms with Gasteiger partial charge in [-0.05, 0) is 26.2 Å². The number of amides is 1. The summed E-state index contributed by atoms with van der Waals surface area (Å²) in [6.07, 6.45) is 3.47. The van der Waals surface area contributed by atoms with E-state index in [9.17, 15) is 4.79 Å². The van der Waals surface area contributed by atoms with Gasteiger partial charge in [-0.15, -0.1) is 0 Å². The number of likely N-dealkylation sites (N-methyl/N-ethyl adjacent to an activating group) is 1. The van der Waals surface area contributed by atoms with Crippen molar-refractivity contribution in [2.75, 3.05) is 26.0 Å². The summed E-state index contributed by atoms with van der Waals surface area (Å²) in [6, 6.07) is 7.59. The van der Waals surface area contributed by atoms with Crippen LogP contribution in [0.5, 0.6) is 0 Å². The third kappa shape index (κ3) is 3.18. The van der Waals surface area contributed by atoms with E-state index < -0.39 is 0 Å². The molecule has 0 aliphatic carbocycles. The molecule has 1 aromatic carbocycles. The summed E-state index contributed by atoms with van der Waals surface area (Å²) in [5, 5.41) is 2.85. The molecule has 2 N–H and O–H groups in total. The van der Waals surface area contributed by atoms with E-state index in [0.717, 1.165) is 17.1 Å². The van der Waals surface area contributed by atoms with Crippen LogP contribution in [0.1, 0.15) is 0 Å². The highest BCUT2D eigenvalue weighted by atomic mass is 16.2. The first kappa shape index (κ1) is 12.3. The molecule has 0 atom stereocenters. The second kappa shape index (κ2) is 5.46. The van der Waals surface area contributed by atoms with Crippen molar-refractivity contribution in [1.29, 1.82) is 0 Å². The lowest BCUT2D eigenvalue weighted by Gasteiger charge is -2.10. The molecule has 0 saturated carbocycles. The Balaban J connectivity index is 2.11. The second-order valence-electron chi connectivity index (χ2n) is 4.30. The smallest absolute Gasteiger partial charge is 0.238 e. The predicted octanol–water partition coefficient (Wildman–Crippen LogP) is 1.58. The van der Waals surface area contributed by atoms with Crippen molar-refractivity contribution < 1.29 is 4.79 Å². The highest BCUT2D eigenvalue weighted by Gasteiger charge is 2.05. The Morgan fingerprint density at radius 3 is 2.94 bits per heavy atom. The van der Waals surface area contributed by atoms with Gasteiger partial charge in [-0.2, -0.15) is 0 Å². The molecule has 0 aliphatic heterocycles. The lowest BCUT2D eigenvalue weighted by atomic mass is 10.2. The van der Waals surface area contributed by atoms with E-state index in [-0.39, 0.29) is 5.91 Å². The Hall–Kier alpha value is -2.14. The highest BCUT2D eigenvalue weighted by molar-refractivity contribution is 5.92. The second-order valence-corrected chi connectivity index (χ2v) is 4.30. The first-order valence-electron chi connectivity index (χ1n) is 5.69. The normalized spacial score (nSPS) is 10.6. The van der Waals surface area contributed by atoms with E-state index in [0.29, 0.717) is 6.54 Å². The van der Waals surface area contributed by atoms with Crippen molar-refractivity contribution in [2.24, 2.45) is 0 Å². The van der Waals surface area contributed by atoms with Crippen LogP contribution in [0.15, 0.2) is 36.7 Å². The van der Waals surface area contributed by atoms with Crippen LogP contribution < -0.4 is 5.32 Å². The molecule has 18 heavy (non-hydrogen) atoms. The average molecular weight is 244 g/mol. The molecule has 1 heterocycles. The summed E-state index contributed by atoms with van der Waals surface area (Å²) < 4.78 is 0. The van der Waals surface area contributed by atoms with E-state index in [1.807, 2.05) is 43.3 Å². The number of aromatic amines is 1. The number of imidazole rings is 1. The number of anilines is 1. The van der Waals surface area contributed by atoms with Crippen LogP contribution in [-0.4, -0.2) is 41.4 Å². The molecule has 0 unspecified atom stereocenters. The SMILES string of the molecule is CN(C)CC(=O)Nc1cccc(-c2ncc[nH]2)c1. The molecule has 0 bridgehead atoms. The fraction of sp³-hybridized carbons (Fsp3) is 0.231. The minimum Gasteiger partial charge on any atom is -0.345 e. The van der Waals surface area contributed by atoms with Gasteiger partial charge in [-0.25, -0.2) is 4.98 Å². The molecule has 2 rings (SSSR count). The minimum absolute atomic E-state index is 0.0309. The highest BCUT2D eigenvalue weighted by Crippen LogP contribution is 2.18. The zero-order valence-electron chi connectivity index (χ0n) is 10.5. The van der Waals surface area contributed by atoms with Gasteiger partial charge in [0.05, 0.1) is 6.54 Å². The van der Waals surface area contributed by atoms with E-state index in [2.05, 4.69) is 15.3 Å². The van der Waals surface area contributed by atoms with Gasteiger partial charge in [0, 0.05) is 23.6 Å². The number of rotatable bonds is 4. The molecule has 5 heteroatoms. The van der Waals surface area contributed by atoms with E-state index in [1.165, 1.54) is 0 Å². The Bertz CT molecular complexity index is 520. The molecular formula is C13H16N4O. The summed E-state index contributed by atoms with van der Waals surface area (Å²) in [7, 11) is 3.72. The van der Waals surface area contributed by atoms with Gasteiger partial charge in [0.25, 0.3) is 0 Å². The number of carbonyl (C=O) groups excluding carboxylic acids is 1. The van der Waals surface area contributed by atoms with Crippen LogP contribution in [0.3, 0.4) is 0 Å². The molecule has 2 aromatic rings. The number of benzene rings is 1. The molecule has 0 aliphatic rings. The summed E-state index contributed by atoms with van der Waals surface area (Å²) in [4.78, 5) is 20.7. The number of hydrogen-bond donors (Lipinski definition) is 2. The molecule has 0 radical (unpaired) electrons. The van der Waals surface area contributed by atoms with Crippen LogP contribution in [0.4, 0.5) is 5.69 Å². The maximum Gasteiger partial charge on any atom is 0.238 e. The molecule has 94 valence electrons. The predicted molar refractivity (Wildman–Crippen MR) is 71.2 cm³/mol. The summed E-state index contributed by atoms with van der Waals surface area (Å²) in [5.74, 6) is 0.760. The number of carbonyl (C=O) groups is 1. The van der Waals surface area contributed by atoms with Crippen LogP contribution in [0.2, 0.25) is 0 Å². The zero-order valence-corrected chi connectivity index (χ0v) is 10.5. The topological polar surface area (TPSA) is 61.0 Å². The summed E-state index contributed by atoms with van der Waals surface area (Å²) in [5.41, 5.74) is 1.72. The molecule has 0 fully saturated rings. The monoisotopic (exact) mass is 244 g/mol. The maximum absolute atomic E-state index is 11.6. The third-order valence-electron chi connectivity index (χ3n) is 2.38. The van der Waals surface area contributed by atoms with E-state index in [4.69, 9.17) is 0 Å². The molecule has 1 amide bonds. The van der Waals surface area contributed by atoms with Crippen LogP contribution in [0.25, 0.3) is 11.4 Å². The zero-order chi connectivity index (χ0) is 13.0. The van der Waals surface area contributed by atoms with Crippen LogP contribution in [-0.2, 0) is 4.79 Å². The van der Waals surface area contributed by atoms with Crippen molar-refractivity contribution >= 4 is 11.6 Å². The van der Waals surface area contributed by atoms with Gasteiger partial charge < -0.3 is 15.2 Å².